The maximum absolute atomic E-state index is 13.3. The first kappa shape index (κ1) is 24.8. The number of aliphatic hydroxyl groups excluding tert-OH is 1. The number of nitrogens with zero attached hydrogens (tertiary/aromatic N) is 2. The fourth-order valence-corrected chi connectivity index (χ4v) is 4.51. The van der Waals surface area contributed by atoms with Gasteiger partial charge in [-0.3, -0.25) is 14.6 Å². The molecule has 7 heteroatoms. The lowest BCUT2D eigenvalue weighted by Crippen LogP contribution is -2.50. The number of carbonyl (C=O) groups is 3. The van der Waals surface area contributed by atoms with E-state index in [4.69, 9.17) is 0 Å². The highest BCUT2D eigenvalue weighted by Gasteiger charge is 2.44. The van der Waals surface area contributed by atoms with Crippen LogP contribution in [0, 0.1) is 11.3 Å². The van der Waals surface area contributed by atoms with Gasteiger partial charge in [-0.25, -0.2) is 0 Å². The van der Waals surface area contributed by atoms with E-state index in [9.17, 15) is 19.5 Å². The summed E-state index contributed by atoms with van der Waals surface area (Å²) in [4.78, 5) is 43.9. The van der Waals surface area contributed by atoms with Crippen LogP contribution in [0.4, 0.5) is 0 Å². The zero-order valence-electron chi connectivity index (χ0n) is 20.2. The smallest absolute Gasteiger partial charge is 0.243 e. The molecule has 33 heavy (non-hydrogen) atoms. The molecule has 7 nitrogen and oxygen atoms in total. The van der Waals surface area contributed by atoms with E-state index < -0.39 is 23.5 Å². The largest absolute Gasteiger partial charge is 0.391 e. The van der Waals surface area contributed by atoms with Gasteiger partial charge in [0.15, 0.2) is 0 Å². The molecule has 0 unspecified atom stereocenters. The first-order chi connectivity index (χ1) is 15.5. The topological polar surface area (TPSA) is 99.1 Å². The van der Waals surface area contributed by atoms with Crippen molar-refractivity contribution in [2.75, 3.05) is 6.54 Å². The number of nitrogens with one attached hydrogen (secondary N) is 1. The number of Topliss-reactive ketones (excluding diaryl/α,β-unsaturated/α-hetero) is 1. The van der Waals surface area contributed by atoms with Gasteiger partial charge in [0.2, 0.25) is 11.8 Å². The predicted molar refractivity (Wildman–Crippen MR) is 128 cm³/mol. The Morgan fingerprint density at radius 3 is 2.42 bits per heavy atom. The van der Waals surface area contributed by atoms with Crippen molar-refractivity contribution < 1.29 is 19.5 Å². The molecule has 3 atom stereocenters. The molecule has 0 aromatic heterocycles. The molecule has 0 bridgehead atoms. The van der Waals surface area contributed by atoms with Gasteiger partial charge >= 0.3 is 0 Å². The molecule has 1 saturated heterocycles. The van der Waals surface area contributed by atoms with Crippen LogP contribution in [-0.4, -0.2) is 52.5 Å². The van der Waals surface area contributed by atoms with Crippen LogP contribution in [0.1, 0.15) is 65.0 Å². The number of hydrogen-bond acceptors (Lipinski definition) is 5. The molecule has 0 aliphatic carbocycles. The standard InChI is InChI=1S/C26H35N3O4/c1-16(30)12-22(26(3,4)5)25(33)29-15-20(31)13-23(29)24(32)28-14-18-6-8-19(9-7-18)21-10-11-27-17(21)2/h6-9,11,20,22-23,31H,10,12-15H2,1-5H3,(H,28,32)/t20-,22-,23+/m1/s1. The number of carbonyl (C=O) groups excluding carboxylic acids is 3. The molecule has 1 aromatic rings. The number of β-amino-alcohol motifs (C(OH)–C–C–N with tert-alkyl or cyclic N) is 1. The zero-order chi connectivity index (χ0) is 24.3. The number of aliphatic imine (C=N–C) groups is 1. The van der Waals surface area contributed by atoms with Gasteiger partial charge in [-0.05, 0) is 36.0 Å². The van der Waals surface area contributed by atoms with Crippen LogP contribution in [0.2, 0.25) is 0 Å². The third kappa shape index (κ3) is 5.96. The molecular weight excluding hydrogens is 418 g/mol. The Balaban J connectivity index is 1.66. The first-order valence-corrected chi connectivity index (χ1v) is 11.5. The summed E-state index contributed by atoms with van der Waals surface area (Å²) in [5, 5.41) is 13.1. The van der Waals surface area contributed by atoms with Gasteiger partial charge in [-0.15, -0.1) is 0 Å². The van der Waals surface area contributed by atoms with Crippen LogP contribution in [0.5, 0.6) is 0 Å². The number of hydrogen-bond donors (Lipinski definition) is 2. The number of rotatable bonds is 7. The Kier molecular flexibility index (Phi) is 7.52. The van der Waals surface area contributed by atoms with Crippen molar-refractivity contribution in [1.82, 2.24) is 10.2 Å². The fraction of sp³-hybridized carbons (Fsp3) is 0.538. The Morgan fingerprint density at radius 2 is 1.88 bits per heavy atom. The maximum atomic E-state index is 13.3. The molecule has 2 aliphatic heterocycles. The lowest BCUT2D eigenvalue weighted by Gasteiger charge is -2.34. The number of amides is 2. The molecule has 178 valence electrons. The quantitative estimate of drug-likeness (QED) is 0.663. The second-order valence-electron chi connectivity index (χ2n) is 10.2. The van der Waals surface area contributed by atoms with E-state index in [2.05, 4.69) is 10.3 Å². The third-order valence-electron chi connectivity index (χ3n) is 6.49. The Bertz CT molecular complexity index is 972. The first-order valence-electron chi connectivity index (χ1n) is 11.5. The van der Waals surface area contributed by atoms with Crippen molar-refractivity contribution in [3.05, 3.63) is 41.1 Å². The summed E-state index contributed by atoms with van der Waals surface area (Å²) in [5.41, 5.74) is 3.87. The predicted octanol–water partition coefficient (Wildman–Crippen LogP) is 3.11. The van der Waals surface area contributed by atoms with Crippen molar-refractivity contribution in [3.8, 4) is 0 Å². The van der Waals surface area contributed by atoms with Crippen LogP contribution in [0.15, 0.2) is 35.0 Å². The number of allylic oxidation sites excluding steroid dienone is 2. The van der Waals surface area contributed by atoms with E-state index in [1.165, 1.54) is 17.4 Å². The fourth-order valence-electron chi connectivity index (χ4n) is 4.51. The summed E-state index contributed by atoms with van der Waals surface area (Å²) in [6, 6.07) is 7.26. The highest BCUT2D eigenvalue weighted by molar-refractivity contribution is 5.91. The number of likely N-dealkylation sites (tertiary alicyclic amines) is 1. The SMILES string of the molecule is CC(=O)C[C@H](C(=O)N1C[C@H](O)C[C@H]1C(=O)NCc1ccc(C2=C(C)N=CC2)cc1)C(C)(C)C. The van der Waals surface area contributed by atoms with Gasteiger partial charge in [-0.2, -0.15) is 0 Å². The van der Waals surface area contributed by atoms with Crippen molar-refractivity contribution >= 4 is 29.4 Å². The molecule has 0 saturated carbocycles. The molecule has 2 amide bonds. The summed E-state index contributed by atoms with van der Waals surface area (Å²) >= 11 is 0. The molecule has 0 spiro atoms. The molecule has 2 N–H and O–H groups in total. The van der Waals surface area contributed by atoms with Crippen LogP contribution >= 0.6 is 0 Å². The highest BCUT2D eigenvalue weighted by Crippen LogP contribution is 2.33. The van der Waals surface area contributed by atoms with Crippen LogP contribution < -0.4 is 5.32 Å². The molecule has 2 heterocycles. The summed E-state index contributed by atoms with van der Waals surface area (Å²) < 4.78 is 0. The van der Waals surface area contributed by atoms with E-state index >= 15 is 0 Å². The van der Waals surface area contributed by atoms with Gasteiger partial charge < -0.3 is 20.1 Å². The van der Waals surface area contributed by atoms with E-state index in [-0.39, 0.29) is 37.0 Å². The van der Waals surface area contributed by atoms with E-state index in [1.54, 1.807) is 0 Å². The number of benzene rings is 1. The van der Waals surface area contributed by atoms with Crippen molar-refractivity contribution in [3.63, 3.8) is 0 Å². The number of aliphatic hydroxyl groups is 1. The van der Waals surface area contributed by atoms with Gasteiger partial charge in [-0.1, -0.05) is 45.0 Å². The van der Waals surface area contributed by atoms with Crippen LogP contribution in [0.25, 0.3) is 5.57 Å². The maximum Gasteiger partial charge on any atom is 0.243 e. The molecule has 2 aliphatic rings. The summed E-state index contributed by atoms with van der Waals surface area (Å²) in [6.07, 6.45) is 2.29. The van der Waals surface area contributed by atoms with Gasteiger partial charge in [0.25, 0.3) is 0 Å². The summed E-state index contributed by atoms with van der Waals surface area (Å²) in [7, 11) is 0. The minimum absolute atomic E-state index is 0.0670. The van der Waals surface area contributed by atoms with Gasteiger partial charge in [0, 0.05) is 50.2 Å². The molecule has 3 rings (SSSR count). The Labute approximate surface area is 196 Å². The second-order valence-corrected chi connectivity index (χ2v) is 10.2. The summed E-state index contributed by atoms with van der Waals surface area (Å²) in [6.45, 7) is 9.65. The van der Waals surface area contributed by atoms with Crippen LogP contribution in [0.3, 0.4) is 0 Å². The van der Waals surface area contributed by atoms with Gasteiger partial charge in [0.05, 0.1) is 6.10 Å². The Morgan fingerprint density at radius 1 is 1.21 bits per heavy atom. The van der Waals surface area contributed by atoms with E-state index in [1.807, 2.05) is 58.2 Å². The normalized spacial score (nSPS) is 21.5. The molecule has 1 aromatic carbocycles. The van der Waals surface area contributed by atoms with E-state index in [0.29, 0.717) is 6.54 Å². The molecule has 1 fully saturated rings. The molecule has 0 radical (unpaired) electrons. The lowest BCUT2D eigenvalue weighted by molar-refractivity contribution is -0.146. The van der Waals surface area contributed by atoms with Crippen LogP contribution in [-0.2, 0) is 20.9 Å². The lowest BCUT2D eigenvalue weighted by atomic mass is 9.77. The van der Waals surface area contributed by atoms with Crippen molar-refractivity contribution in [1.29, 1.82) is 0 Å². The minimum atomic E-state index is -0.757. The number of ketones is 1. The van der Waals surface area contributed by atoms with Gasteiger partial charge in [0.1, 0.15) is 11.8 Å². The molecular formula is C26H35N3O4. The average Bonchev–Trinajstić information content (AvgIpc) is 3.35. The summed E-state index contributed by atoms with van der Waals surface area (Å²) in [5.74, 6) is -1.15. The third-order valence-corrected chi connectivity index (χ3v) is 6.49. The zero-order valence-corrected chi connectivity index (χ0v) is 20.2. The Hall–Kier alpha value is -2.80. The minimum Gasteiger partial charge on any atom is -0.391 e. The van der Waals surface area contributed by atoms with Crippen molar-refractivity contribution in [2.24, 2.45) is 16.3 Å². The van der Waals surface area contributed by atoms with Crippen molar-refractivity contribution in [2.45, 2.75) is 72.6 Å². The monoisotopic (exact) mass is 453 g/mol. The second kappa shape index (κ2) is 10.00. The van der Waals surface area contributed by atoms with E-state index in [0.717, 1.165) is 23.2 Å². The average molecular weight is 454 g/mol. The highest BCUT2D eigenvalue weighted by atomic mass is 16.3.